The van der Waals surface area contributed by atoms with Crippen molar-refractivity contribution in [2.24, 2.45) is 10.9 Å². The zero-order valence-electron chi connectivity index (χ0n) is 7.13. The van der Waals surface area contributed by atoms with Crippen molar-refractivity contribution in [1.82, 2.24) is 5.32 Å². The molecule has 0 aromatic carbocycles. The molecule has 0 fully saturated rings. The smallest absolute Gasteiger partial charge is 0.0992 e. The van der Waals surface area contributed by atoms with Gasteiger partial charge in [-0.05, 0) is 6.92 Å². The molecule has 0 aliphatic carbocycles. The topological polar surface area (TPSA) is 24.4 Å². The summed E-state index contributed by atoms with van der Waals surface area (Å²) in [7, 11) is 0. The van der Waals surface area contributed by atoms with E-state index in [1.807, 2.05) is 0 Å². The Morgan fingerprint density at radius 3 is 2.18 bits per heavy atom. The van der Waals surface area contributed by atoms with E-state index in [1.165, 1.54) is 5.84 Å². The minimum Gasteiger partial charge on any atom is -0.369 e. The van der Waals surface area contributed by atoms with Crippen LogP contribution in [0.1, 0.15) is 20.8 Å². The maximum Gasteiger partial charge on any atom is 0.0992 e. The van der Waals surface area contributed by atoms with Crippen molar-refractivity contribution in [1.29, 1.82) is 0 Å². The van der Waals surface area contributed by atoms with Gasteiger partial charge in [-0.25, -0.2) is 0 Å². The molecule has 1 N–H and O–H groups in total. The van der Waals surface area contributed by atoms with Crippen LogP contribution in [0.25, 0.3) is 0 Å². The van der Waals surface area contributed by atoms with Gasteiger partial charge in [0.2, 0.25) is 0 Å². The van der Waals surface area contributed by atoms with E-state index in [0.717, 1.165) is 6.54 Å². The van der Waals surface area contributed by atoms with E-state index in [1.54, 1.807) is 0 Å². The molecule has 2 nitrogen and oxygen atoms in total. The summed E-state index contributed by atoms with van der Waals surface area (Å²) < 4.78 is 0. The van der Waals surface area contributed by atoms with Gasteiger partial charge in [0.05, 0.1) is 12.4 Å². The average Bonchev–Trinajstić information content (AvgIpc) is 2.14. The van der Waals surface area contributed by atoms with Crippen LogP contribution in [0.2, 0.25) is 0 Å². The maximum absolute atomic E-state index is 4.32. The first-order chi connectivity index (χ1) is 4.20. The Hall–Kier alpha value is 0.0500. The quantitative estimate of drug-likeness (QED) is 0.685. The van der Waals surface area contributed by atoms with Gasteiger partial charge in [-0.3, -0.25) is 4.99 Å². The van der Waals surface area contributed by atoms with Crippen LogP contribution in [-0.2, 0) is 0 Å². The molecule has 0 aromatic rings. The second kappa shape index (κ2) is 5.67. The molecule has 1 atom stereocenters. The first-order valence-corrected chi connectivity index (χ1v) is 3.51. The van der Waals surface area contributed by atoms with E-state index in [9.17, 15) is 0 Å². The summed E-state index contributed by atoms with van der Waals surface area (Å²) >= 11 is 0. The standard InChI is InChI=1S/C7H14N2.2ClH/c1-5(2)7-8-4-6(3)9-7;;/h5-6H,4H2,1-3H3,(H,8,9);2*1H. The van der Waals surface area contributed by atoms with Crippen molar-refractivity contribution in [3.05, 3.63) is 0 Å². The number of amidine groups is 1. The lowest BCUT2D eigenvalue weighted by Crippen LogP contribution is -2.30. The summed E-state index contributed by atoms with van der Waals surface area (Å²) in [6, 6.07) is 0.558. The van der Waals surface area contributed by atoms with Gasteiger partial charge in [0.15, 0.2) is 0 Å². The SMILES string of the molecule is CC1CN=C(C(C)C)N1.Cl.Cl. The van der Waals surface area contributed by atoms with Gasteiger partial charge in [0.25, 0.3) is 0 Å². The minimum atomic E-state index is 0. The molecule has 68 valence electrons. The summed E-state index contributed by atoms with van der Waals surface area (Å²) in [5, 5.41) is 3.30. The first kappa shape index (κ1) is 13.6. The second-order valence-electron chi connectivity index (χ2n) is 2.93. The maximum atomic E-state index is 4.32. The number of rotatable bonds is 1. The fraction of sp³-hybridized carbons (Fsp3) is 0.857. The Labute approximate surface area is 80.7 Å². The Bertz CT molecular complexity index is 134. The lowest BCUT2D eigenvalue weighted by molar-refractivity contribution is 0.708. The summed E-state index contributed by atoms with van der Waals surface area (Å²) in [4.78, 5) is 4.32. The Morgan fingerprint density at radius 1 is 1.45 bits per heavy atom. The van der Waals surface area contributed by atoms with Crippen molar-refractivity contribution in [2.75, 3.05) is 6.54 Å². The number of hydrogen-bond acceptors (Lipinski definition) is 2. The van der Waals surface area contributed by atoms with E-state index >= 15 is 0 Å². The molecule has 1 heterocycles. The third-order valence-electron chi connectivity index (χ3n) is 1.48. The largest absolute Gasteiger partial charge is 0.369 e. The molecule has 0 saturated heterocycles. The van der Waals surface area contributed by atoms with Crippen molar-refractivity contribution < 1.29 is 0 Å². The van der Waals surface area contributed by atoms with E-state index in [2.05, 4.69) is 31.1 Å². The predicted octanol–water partition coefficient (Wildman–Crippen LogP) is 1.88. The number of halogens is 2. The molecule has 1 aliphatic rings. The lowest BCUT2D eigenvalue weighted by atomic mass is 10.2. The molecule has 11 heavy (non-hydrogen) atoms. The van der Waals surface area contributed by atoms with E-state index in [-0.39, 0.29) is 24.8 Å². The highest BCUT2D eigenvalue weighted by Gasteiger charge is 2.13. The first-order valence-electron chi connectivity index (χ1n) is 3.51. The zero-order valence-corrected chi connectivity index (χ0v) is 8.76. The Morgan fingerprint density at radius 2 is 2.00 bits per heavy atom. The van der Waals surface area contributed by atoms with Gasteiger partial charge in [0.1, 0.15) is 0 Å². The third kappa shape index (κ3) is 3.82. The second-order valence-corrected chi connectivity index (χ2v) is 2.93. The summed E-state index contributed by atoms with van der Waals surface area (Å²) in [6.07, 6.45) is 0. The van der Waals surface area contributed by atoms with Crippen LogP contribution < -0.4 is 5.32 Å². The van der Waals surface area contributed by atoms with E-state index < -0.39 is 0 Å². The van der Waals surface area contributed by atoms with Gasteiger partial charge >= 0.3 is 0 Å². The van der Waals surface area contributed by atoms with Gasteiger partial charge < -0.3 is 5.32 Å². The third-order valence-corrected chi connectivity index (χ3v) is 1.48. The molecule has 0 radical (unpaired) electrons. The summed E-state index contributed by atoms with van der Waals surface area (Å²) in [6.45, 7) is 7.42. The fourth-order valence-electron chi connectivity index (χ4n) is 0.928. The van der Waals surface area contributed by atoms with Crippen molar-refractivity contribution in [3.63, 3.8) is 0 Å². The number of aliphatic imine (C=N–C) groups is 1. The molecular formula is C7H16Cl2N2. The van der Waals surface area contributed by atoms with Crippen LogP contribution in [0.3, 0.4) is 0 Å². The molecule has 1 unspecified atom stereocenters. The molecule has 0 saturated carbocycles. The van der Waals surface area contributed by atoms with Crippen LogP contribution in [0, 0.1) is 5.92 Å². The van der Waals surface area contributed by atoms with Crippen molar-refractivity contribution >= 4 is 30.6 Å². The van der Waals surface area contributed by atoms with Gasteiger partial charge in [0, 0.05) is 12.0 Å². The van der Waals surface area contributed by atoms with Crippen LogP contribution in [0.5, 0.6) is 0 Å². The average molecular weight is 199 g/mol. The molecular weight excluding hydrogens is 183 g/mol. The van der Waals surface area contributed by atoms with Crippen LogP contribution in [-0.4, -0.2) is 18.4 Å². The highest BCUT2D eigenvalue weighted by molar-refractivity contribution is 5.86. The van der Waals surface area contributed by atoms with E-state index in [0.29, 0.717) is 12.0 Å². The molecule has 0 aromatic heterocycles. The van der Waals surface area contributed by atoms with Gasteiger partial charge in [-0.2, -0.15) is 0 Å². The number of nitrogens with one attached hydrogen (secondary N) is 1. The molecule has 1 rings (SSSR count). The molecule has 0 bridgehead atoms. The summed E-state index contributed by atoms with van der Waals surface area (Å²) in [5.74, 6) is 1.73. The fourth-order valence-corrected chi connectivity index (χ4v) is 0.928. The normalized spacial score (nSPS) is 21.5. The monoisotopic (exact) mass is 198 g/mol. The predicted molar refractivity (Wildman–Crippen MR) is 54.2 cm³/mol. The Kier molecular flexibility index (Phi) is 7.02. The molecule has 0 amide bonds. The minimum absolute atomic E-state index is 0. The molecule has 0 spiro atoms. The van der Waals surface area contributed by atoms with Crippen molar-refractivity contribution in [2.45, 2.75) is 26.8 Å². The van der Waals surface area contributed by atoms with Crippen LogP contribution in [0.15, 0.2) is 4.99 Å². The molecule has 1 aliphatic heterocycles. The van der Waals surface area contributed by atoms with E-state index in [4.69, 9.17) is 0 Å². The van der Waals surface area contributed by atoms with Crippen molar-refractivity contribution in [3.8, 4) is 0 Å². The highest BCUT2D eigenvalue weighted by Crippen LogP contribution is 2.02. The van der Waals surface area contributed by atoms with Crippen LogP contribution in [0.4, 0.5) is 0 Å². The zero-order chi connectivity index (χ0) is 6.85. The van der Waals surface area contributed by atoms with Gasteiger partial charge in [-0.15, -0.1) is 24.8 Å². The summed E-state index contributed by atoms with van der Waals surface area (Å²) in [5.41, 5.74) is 0. The lowest BCUT2D eigenvalue weighted by Gasteiger charge is -2.07. The number of nitrogens with zero attached hydrogens (tertiary/aromatic N) is 1. The van der Waals surface area contributed by atoms with Crippen LogP contribution >= 0.6 is 24.8 Å². The Balaban J connectivity index is 0. The molecule has 4 heteroatoms. The number of hydrogen-bond donors (Lipinski definition) is 1. The van der Waals surface area contributed by atoms with Gasteiger partial charge in [-0.1, -0.05) is 13.8 Å². The highest BCUT2D eigenvalue weighted by atomic mass is 35.5.